The first kappa shape index (κ1) is 22.9. The van der Waals surface area contributed by atoms with Crippen LogP contribution in [0.2, 0.25) is 0 Å². The minimum Gasteiger partial charge on any atom is -0.493 e. The molecule has 0 amide bonds. The Morgan fingerprint density at radius 3 is 2.53 bits per heavy atom. The topological polar surface area (TPSA) is 127 Å². The normalized spacial score (nSPS) is 13.4. The first-order valence-corrected chi connectivity index (χ1v) is 11.5. The van der Waals surface area contributed by atoms with Crippen molar-refractivity contribution in [1.82, 2.24) is 14.8 Å². The van der Waals surface area contributed by atoms with Crippen LogP contribution in [0, 0.1) is 5.41 Å². The molecule has 0 unspecified atom stereocenters. The molecule has 2 aromatic carbocycles. The van der Waals surface area contributed by atoms with Crippen molar-refractivity contribution in [2.75, 3.05) is 7.11 Å². The summed E-state index contributed by atoms with van der Waals surface area (Å²) in [6.45, 7) is 0. The highest BCUT2D eigenvalue weighted by Crippen LogP contribution is 2.29. The van der Waals surface area contributed by atoms with E-state index in [1.54, 1.807) is 60.7 Å². The van der Waals surface area contributed by atoms with Gasteiger partial charge in [0.1, 0.15) is 4.66 Å². The van der Waals surface area contributed by atoms with Gasteiger partial charge in [0.25, 0.3) is 5.56 Å². The van der Waals surface area contributed by atoms with Gasteiger partial charge in [-0.3, -0.25) is 20.1 Å². The summed E-state index contributed by atoms with van der Waals surface area (Å²) in [4.78, 5) is 40.7. The van der Waals surface area contributed by atoms with Gasteiger partial charge in [0.15, 0.2) is 22.8 Å². The Labute approximate surface area is 207 Å². The molecule has 0 radical (unpaired) electrons. The quantitative estimate of drug-likeness (QED) is 0.324. The Hall–Kier alpha value is -4.83. The van der Waals surface area contributed by atoms with Gasteiger partial charge in [-0.2, -0.15) is 4.98 Å². The number of benzene rings is 2. The largest absolute Gasteiger partial charge is 0.493 e. The molecule has 0 atom stereocenters. The highest BCUT2D eigenvalue weighted by atomic mass is 32.1. The van der Waals surface area contributed by atoms with Crippen molar-refractivity contribution in [1.29, 1.82) is 5.41 Å². The average Bonchev–Trinajstić information content (AvgIpc) is 3.32. The number of hydrogen-bond donors (Lipinski definition) is 2. The molecule has 0 spiro atoms. The van der Waals surface area contributed by atoms with Crippen molar-refractivity contribution in [2.45, 2.75) is 0 Å². The third-order valence-corrected chi connectivity index (χ3v) is 6.32. The van der Waals surface area contributed by atoms with E-state index in [1.165, 1.54) is 41.4 Å². The standard InChI is InChI=1S/C26H18N4O5S/c1-34-21-14-15(7-12-20(21)35-25(33)17-5-3-2-4-6-17)13-19-22(27)30-26(28-23(19)32)36-24(29-30)16-8-10-18(31)11-9-16/h2-14,27,29H,1H3. The maximum atomic E-state index is 12.7. The van der Waals surface area contributed by atoms with Gasteiger partial charge in [0.05, 0.1) is 17.9 Å². The molecule has 0 fully saturated rings. The summed E-state index contributed by atoms with van der Waals surface area (Å²) in [5.41, 5.74) is 1.06. The second kappa shape index (κ2) is 9.43. The third kappa shape index (κ3) is 4.44. The number of hydrogen-bond acceptors (Lipinski definition) is 8. The molecular formula is C26H18N4O5S. The minimum absolute atomic E-state index is 0.0686. The number of ether oxygens (including phenoxy) is 2. The Kier molecular flexibility index (Phi) is 6.01. The van der Waals surface area contributed by atoms with E-state index in [9.17, 15) is 14.4 Å². The molecule has 2 heterocycles. The Balaban J connectivity index is 1.54. The number of nitrogens with zero attached hydrogens (tertiary/aromatic N) is 2. The van der Waals surface area contributed by atoms with Gasteiger partial charge in [-0.05, 0) is 60.2 Å². The smallest absolute Gasteiger partial charge is 0.343 e. The van der Waals surface area contributed by atoms with Crippen LogP contribution in [0.3, 0.4) is 0 Å². The number of carbonyl (C=O) groups excluding carboxylic acids is 2. The zero-order valence-electron chi connectivity index (χ0n) is 18.8. The maximum absolute atomic E-state index is 12.7. The summed E-state index contributed by atoms with van der Waals surface area (Å²) in [6, 6.07) is 13.4. The average molecular weight is 499 g/mol. The molecule has 10 heteroatoms. The lowest BCUT2D eigenvalue weighted by molar-refractivity contribution is -0.110. The van der Waals surface area contributed by atoms with Gasteiger partial charge in [-0.1, -0.05) is 35.6 Å². The van der Waals surface area contributed by atoms with E-state index in [0.717, 1.165) is 5.57 Å². The fourth-order valence-electron chi connectivity index (χ4n) is 3.52. The number of carbonyl (C=O) groups is 2. The lowest BCUT2D eigenvalue weighted by Gasteiger charge is -2.10. The number of rotatable bonds is 4. The molecule has 36 heavy (non-hydrogen) atoms. The molecule has 3 aliphatic rings. The van der Waals surface area contributed by atoms with Gasteiger partial charge < -0.3 is 9.47 Å². The second-order valence-corrected chi connectivity index (χ2v) is 8.65. The molecule has 178 valence electrons. The second-order valence-electron chi connectivity index (χ2n) is 7.67. The first-order valence-electron chi connectivity index (χ1n) is 10.7. The zero-order valence-corrected chi connectivity index (χ0v) is 19.7. The van der Waals surface area contributed by atoms with Crippen molar-refractivity contribution < 1.29 is 19.1 Å². The molecule has 0 saturated heterocycles. The van der Waals surface area contributed by atoms with Gasteiger partial charge in [-0.15, -0.1) is 0 Å². The predicted octanol–water partition coefficient (Wildman–Crippen LogP) is 1.44. The van der Waals surface area contributed by atoms with E-state index < -0.39 is 11.5 Å². The van der Waals surface area contributed by atoms with Crippen LogP contribution in [0.4, 0.5) is 0 Å². The SMILES string of the molecule is COc1cc(C=c2c(=O)nc3sc(=C4C=CC(=O)C=C4)[nH]n-3c2=N)ccc1OC(=O)c1ccccc1. The number of nitrogens with one attached hydrogen (secondary N) is 2. The van der Waals surface area contributed by atoms with Gasteiger partial charge in [0, 0.05) is 5.57 Å². The monoisotopic (exact) mass is 498 g/mol. The number of allylic oxidation sites excluding steroid dienone is 4. The molecule has 2 N–H and O–H groups in total. The Bertz CT molecular complexity index is 1760. The van der Waals surface area contributed by atoms with Crippen molar-refractivity contribution >= 4 is 34.7 Å². The summed E-state index contributed by atoms with van der Waals surface area (Å²) < 4.78 is 12.9. The number of aromatic amines is 1. The molecular weight excluding hydrogens is 480 g/mol. The number of esters is 1. The Morgan fingerprint density at radius 2 is 1.81 bits per heavy atom. The van der Waals surface area contributed by atoms with Gasteiger partial charge in [0.2, 0.25) is 5.13 Å². The van der Waals surface area contributed by atoms with Crippen molar-refractivity contribution in [3.05, 3.63) is 110 Å². The van der Waals surface area contributed by atoms with Crippen LogP contribution in [0.1, 0.15) is 15.9 Å². The minimum atomic E-state index is -0.560. The van der Waals surface area contributed by atoms with E-state index in [0.29, 0.717) is 26.7 Å². The first-order chi connectivity index (χ1) is 17.4. The summed E-state index contributed by atoms with van der Waals surface area (Å²) in [6.07, 6.45) is 7.74. The third-order valence-electron chi connectivity index (χ3n) is 5.33. The molecule has 2 aliphatic heterocycles. The fraction of sp³-hybridized carbons (Fsp3) is 0.0385. The van der Waals surface area contributed by atoms with E-state index >= 15 is 0 Å². The number of fused-ring (bicyclic) bond motifs is 1. The number of ketones is 1. The van der Waals surface area contributed by atoms with Crippen LogP contribution in [0.5, 0.6) is 11.5 Å². The lowest BCUT2D eigenvalue weighted by atomic mass is 10.1. The van der Waals surface area contributed by atoms with E-state index in [2.05, 4.69) is 10.1 Å². The van der Waals surface area contributed by atoms with Crippen LogP contribution in [-0.4, -0.2) is 33.6 Å². The van der Waals surface area contributed by atoms with E-state index in [1.807, 2.05) is 0 Å². The summed E-state index contributed by atoms with van der Waals surface area (Å²) in [5, 5.41) is 12.0. The molecule has 0 bridgehead atoms. The summed E-state index contributed by atoms with van der Waals surface area (Å²) in [7, 11) is 1.44. The van der Waals surface area contributed by atoms with Crippen LogP contribution in [0.25, 0.3) is 16.8 Å². The molecule has 5 rings (SSSR count). The van der Waals surface area contributed by atoms with Gasteiger partial charge >= 0.3 is 5.97 Å². The van der Waals surface area contributed by atoms with Crippen LogP contribution in [0.15, 0.2) is 77.6 Å². The molecule has 9 nitrogen and oxygen atoms in total. The molecule has 2 aromatic rings. The van der Waals surface area contributed by atoms with Crippen LogP contribution in [-0.2, 0) is 4.79 Å². The van der Waals surface area contributed by atoms with Crippen molar-refractivity contribution in [3.63, 3.8) is 0 Å². The highest BCUT2D eigenvalue weighted by molar-refractivity contribution is 7.11. The highest BCUT2D eigenvalue weighted by Gasteiger charge is 2.14. The van der Waals surface area contributed by atoms with Crippen molar-refractivity contribution in [2.24, 2.45) is 0 Å². The zero-order chi connectivity index (χ0) is 25.2. The van der Waals surface area contributed by atoms with E-state index in [-0.39, 0.29) is 22.2 Å². The van der Waals surface area contributed by atoms with Crippen LogP contribution < -0.4 is 30.4 Å². The molecule has 0 saturated carbocycles. The number of aromatic nitrogens is 3. The fourth-order valence-corrected chi connectivity index (χ4v) is 4.45. The number of H-pyrrole nitrogens is 1. The van der Waals surface area contributed by atoms with Gasteiger partial charge in [-0.25, -0.2) is 9.48 Å². The van der Waals surface area contributed by atoms with E-state index in [4.69, 9.17) is 14.9 Å². The summed E-state index contributed by atoms with van der Waals surface area (Å²) in [5.74, 6) is -0.123. The number of methoxy groups -OCH3 is 1. The predicted molar refractivity (Wildman–Crippen MR) is 133 cm³/mol. The maximum Gasteiger partial charge on any atom is 0.343 e. The van der Waals surface area contributed by atoms with Crippen LogP contribution >= 0.6 is 11.3 Å². The molecule has 0 aromatic heterocycles. The summed E-state index contributed by atoms with van der Waals surface area (Å²) >= 11 is 1.20. The Morgan fingerprint density at radius 1 is 1.06 bits per heavy atom. The molecule has 1 aliphatic carbocycles. The van der Waals surface area contributed by atoms with Crippen molar-refractivity contribution in [3.8, 4) is 16.6 Å². The lowest BCUT2D eigenvalue weighted by Crippen LogP contribution is -2.47.